The van der Waals surface area contributed by atoms with Gasteiger partial charge in [0.05, 0.1) is 22.8 Å². The van der Waals surface area contributed by atoms with Gasteiger partial charge in [-0.1, -0.05) is 23.2 Å². The molecule has 1 atom stereocenters. The number of amides is 1. The van der Waals surface area contributed by atoms with Crippen LogP contribution in [0.4, 0.5) is 5.69 Å². The Morgan fingerprint density at radius 1 is 1.44 bits per heavy atom. The molecular weight excluding hydrogens is 273 g/mol. The Kier molecular flexibility index (Phi) is 3.70. The average molecular weight is 284 g/mol. The minimum atomic E-state index is -0.0739. The fraction of sp³-hybridized carbons (Fsp3) is 0.308. The molecule has 0 saturated carbocycles. The van der Waals surface area contributed by atoms with Gasteiger partial charge in [-0.05, 0) is 6.07 Å². The molecule has 1 aliphatic heterocycles. The molecule has 0 radical (unpaired) electrons. The number of nitrogens with zero attached hydrogens (tertiary/aromatic N) is 1. The highest BCUT2D eigenvalue weighted by atomic mass is 35.5. The lowest BCUT2D eigenvalue weighted by molar-refractivity contribution is -0.117. The van der Waals surface area contributed by atoms with Crippen molar-refractivity contribution in [1.82, 2.24) is 0 Å². The van der Waals surface area contributed by atoms with Crippen LogP contribution in [0, 0.1) is 18.3 Å². The molecular formula is C13H11Cl2NO2. The molecule has 0 aliphatic carbocycles. The second-order valence-corrected chi connectivity index (χ2v) is 4.82. The first-order valence-electron chi connectivity index (χ1n) is 5.36. The summed E-state index contributed by atoms with van der Waals surface area (Å²) in [5.41, 5.74) is 0.584. The third kappa shape index (κ3) is 2.27. The van der Waals surface area contributed by atoms with Gasteiger partial charge in [0, 0.05) is 24.9 Å². The predicted molar refractivity (Wildman–Crippen MR) is 72.3 cm³/mol. The fourth-order valence-electron chi connectivity index (χ4n) is 1.93. The highest BCUT2D eigenvalue weighted by molar-refractivity contribution is 6.37. The summed E-state index contributed by atoms with van der Waals surface area (Å²) < 4.78 is 5.12. The summed E-state index contributed by atoms with van der Waals surface area (Å²) in [6, 6.07) is 3.22. The molecule has 18 heavy (non-hydrogen) atoms. The number of terminal acetylenes is 1. The molecule has 3 nitrogen and oxygen atoms in total. The van der Waals surface area contributed by atoms with Crippen molar-refractivity contribution >= 4 is 34.8 Å². The Labute approximate surface area is 116 Å². The maximum Gasteiger partial charge on any atom is 0.228 e. The minimum absolute atomic E-state index is 0.0378. The summed E-state index contributed by atoms with van der Waals surface area (Å²) in [7, 11) is 1.51. The number of methoxy groups -OCH3 is 1. The zero-order valence-electron chi connectivity index (χ0n) is 9.74. The van der Waals surface area contributed by atoms with Crippen LogP contribution in [0.2, 0.25) is 10.0 Å². The van der Waals surface area contributed by atoms with Gasteiger partial charge in [0.15, 0.2) is 0 Å². The lowest BCUT2D eigenvalue weighted by atomic mass is 10.1. The van der Waals surface area contributed by atoms with Gasteiger partial charge in [-0.3, -0.25) is 4.79 Å². The van der Waals surface area contributed by atoms with Gasteiger partial charge in [-0.25, -0.2) is 0 Å². The topological polar surface area (TPSA) is 29.5 Å². The largest absolute Gasteiger partial charge is 0.495 e. The number of rotatable bonds is 2. The van der Waals surface area contributed by atoms with E-state index in [0.29, 0.717) is 34.4 Å². The first-order chi connectivity index (χ1) is 8.56. The maximum absolute atomic E-state index is 11.9. The number of benzene rings is 1. The molecule has 1 saturated heterocycles. The van der Waals surface area contributed by atoms with Crippen molar-refractivity contribution in [3.8, 4) is 18.1 Å². The number of anilines is 1. The van der Waals surface area contributed by atoms with E-state index in [4.69, 9.17) is 34.4 Å². The zero-order valence-corrected chi connectivity index (χ0v) is 11.3. The molecule has 0 aromatic heterocycles. The smallest absolute Gasteiger partial charge is 0.228 e. The molecule has 1 aromatic carbocycles. The van der Waals surface area contributed by atoms with E-state index in [1.807, 2.05) is 0 Å². The summed E-state index contributed by atoms with van der Waals surface area (Å²) in [5, 5.41) is 0.818. The first kappa shape index (κ1) is 13.1. The second-order valence-electron chi connectivity index (χ2n) is 4.01. The molecule has 1 heterocycles. The summed E-state index contributed by atoms with van der Waals surface area (Å²) in [6.45, 7) is 0.472. The van der Waals surface area contributed by atoms with E-state index in [2.05, 4.69) is 5.92 Å². The van der Waals surface area contributed by atoms with Gasteiger partial charge in [0.1, 0.15) is 5.75 Å². The molecule has 2 rings (SSSR count). The van der Waals surface area contributed by atoms with Crippen LogP contribution in [0.25, 0.3) is 0 Å². The number of carbonyl (C=O) groups is 1. The molecule has 1 unspecified atom stereocenters. The Morgan fingerprint density at radius 2 is 2.17 bits per heavy atom. The normalized spacial score (nSPS) is 18.9. The summed E-state index contributed by atoms with van der Waals surface area (Å²) in [4.78, 5) is 13.5. The molecule has 1 aliphatic rings. The summed E-state index contributed by atoms with van der Waals surface area (Å²) in [5.74, 6) is 2.96. The van der Waals surface area contributed by atoms with Crippen LogP contribution in [0.5, 0.6) is 5.75 Å². The molecule has 5 heteroatoms. The van der Waals surface area contributed by atoms with Crippen molar-refractivity contribution in [2.75, 3.05) is 18.6 Å². The Morgan fingerprint density at radius 3 is 2.72 bits per heavy atom. The van der Waals surface area contributed by atoms with Crippen molar-refractivity contribution in [1.29, 1.82) is 0 Å². The predicted octanol–water partition coefficient (Wildman–Crippen LogP) is 2.99. The second kappa shape index (κ2) is 5.09. The SMILES string of the molecule is C#CC1CC(=O)N(c2cc(OC)c(Cl)cc2Cl)C1. The number of hydrogen-bond acceptors (Lipinski definition) is 2. The van der Waals surface area contributed by atoms with Crippen LogP contribution in [-0.2, 0) is 4.79 Å². The standard InChI is InChI=1S/C13H11Cl2NO2/c1-3-8-4-13(17)16(7-8)11-6-12(18-2)10(15)5-9(11)14/h1,5-6,8H,4,7H2,2H3. The van der Waals surface area contributed by atoms with E-state index in [1.165, 1.54) is 7.11 Å². The highest BCUT2D eigenvalue weighted by Crippen LogP contribution is 2.38. The van der Waals surface area contributed by atoms with E-state index in [9.17, 15) is 4.79 Å². The van der Waals surface area contributed by atoms with Crippen LogP contribution in [-0.4, -0.2) is 19.6 Å². The third-order valence-corrected chi connectivity index (χ3v) is 3.47. The van der Waals surface area contributed by atoms with Gasteiger partial charge in [0.25, 0.3) is 0 Å². The van der Waals surface area contributed by atoms with E-state index in [1.54, 1.807) is 17.0 Å². The van der Waals surface area contributed by atoms with E-state index in [0.717, 1.165) is 0 Å². The Balaban J connectivity index is 2.40. The van der Waals surface area contributed by atoms with Crippen LogP contribution < -0.4 is 9.64 Å². The van der Waals surface area contributed by atoms with Gasteiger partial charge in [-0.2, -0.15) is 0 Å². The third-order valence-electron chi connectivity index (χ3n) is 2.87. The Bertz CT molecular complexity index is 537. The van der Waals surface area contributed by atoms with Crippen LogP contribution in [0.3, 0.4) is 0 Å². The molecule has 0 N–H and O–H groups in total. The van der Waals surface area contributed by atoms with Gasteiger partial charge < -0.3 is 9.64 Å². The lowest BCUT2D eigenvalue weighted by Gasteiger charge is -2.19. The molecule has 94 valence electrons. The number of ether oxygens (including phenoxy) is 1. The zero-order chi connectivity index (χ0) is 13.3. The minimum Gasteiger partial charge on any atom is -0.495 e. The molecule has 1 fully saturated rings. The van der Waals surface area contributed by atoms with Gasteiger partial charge in [0.2, 0.25) is 5.91 Å². The van der Waals surface area contributed by atoms with E-state index < -0.39 is 0 Å². The quantitative estimate of drug-likeness (QED) is 0.781. The van der Waals surface area contributed by atoms with Crippen LogP contribution in [0.15, 0.2) is 12.1 Å². The number of halogens is 2. The van der Waals surface area contributed by atoms with Crippen LogP contribution >= 0.6 is 23.2 Å². The summed E-state index contributed by atoms with van der Waals surface area (Å²) in [6.07, 6.45) is 5.69. The van der Waals surface area contributed by atoms with Gasteiger partial charge >= 0.3 is 0 Å². The Hall–Kier alpha value is -1.37. The van der Waals surface area contributed by atoms with E-state index in [-0.39, 0.29) is 11.8 Å². The number of hydrogen-bond donors (Lipinski definition) is 0. The average Bonchev–Trinajstić information content (AvgIpc) is 2.71. The van der Waals surface area contributed by atoms with Gasteiger partial charge in [-0.15, -0.1) is 12.3 Å². The van der Waals surface area contributed by atoms with Crippen molar-refractivity contribution in [2.24, 2.45) is 5.92 Å². The summed E-state index contributed by atoms with van der Waals surface area (Å²) >= 11 is 12.1. The van der Waals surface area contributed by atoms with Crippen LogP contribution in [0.1, 0.15) is 6.42 Å². The fourth-order valence-corrected chi connectivity index (χ4v) is 2.50. The van der Waals surface area contributed by atoms with Crippen molar-refractivity contribution in [3.63, 3.8) is 0 Å². The highest BCUT2D eigenvalue weighted by Gasteiger charge is 2.31. The van der Waals surface area contributed by atoms with Crippen molar-refractivity contribution in [2.45, 2.75) is 6.42 Å². The van der Waals surface area contributed by atoms with E-state index >= 15 is 0 Å². The molecule has 1 aromatic rings. The monoisotopic (exact) mass is 283 g/mol. The molecule has 0 spiro atoms. The van der Waals surface area contributed by atoms with Crippen molar-refractivity contribution < 1.29 is 9.53 Å². The molecule has 0 bridgehead atoms. The van der Waals surface area contributed by atoms with Crippen molar-refractivity contribution in [3.05, 3.63) is 22.2 Å². The lowest BCUT2D eigenvalue weighted by Crippen LogP contribution is -2.24. The molecule has 1 amide bonds. The number of carbonyl (C=O) groups excluding carboxylic acids is 1. The first-order valence-corrected chi connectivity index (χ1v) is 6.12. The maximum atomic E-state index is 11.9.